The molecule has 0 spiro atoms. The SMILES string of the molecule is O=C(O)c1ccc(-c2ccc(C=NNc3ccccc3)o2)cc1. The third-order valence-electron chi connectivity index (χ3n) is 3.20. The van der Waals surface area contributed by atoms with E-state index in [9.17, 15) is 4.79 Å². The zero-order valence-electron chi connectivity index (χ0n) is 12.1. The third-order valence-corrected chi connectivity index (χ3v) is 3.20. The summed E-state index contributed by atoms with van der Waals surface area (Å²) in [5.74, 6) is 0.310. The van der Waals surface area contributed by atoms with Crippen LogP contribution in [0.4, 0.5) is 5.69 Å². The maximum atomic E-state index is 10.8. The number of nitrogens with one attached hydrogen (secondary N) is 1. The number of benzene rings is 2. The van der Waals surface area contributed by atoms with E-state index in [0.717, 1.165) is 11.3 Å². The number of carboxylic acids is 1. The Hall–Kier alpha value is -3.34. The first kappa shape index (κ1) is 14.6. The Morgan fingerprint density at radius 3 is 2.43 bits per heavy atom. The highest BCUT2D eigenvalue weighted by molar-refractivity contribution is 5.88. The molecule has 2 N–H and O–H groups in total. The van der Waals surface area contributed by atoms with Crippen LogP contribution in [-0.2, 0) is 0 Å². The van der Waals surface area contributed by atoms with Gasteiger partial charge in [-0.25, -0.2) is 4.79 Å². The Morgan fingerprint density at radius 2 is 1.74 bits per heavy atom. The zero-order chi connectivity index (χ0) is 16.1. The van der Waals surface area contributed by atoms with E-state index in [1.807, 2.05) is 36.4 Å². The normalized spacial score (nSPS) is 10.8. The fourth-order valence-electron chi connectivity index (χ4n) is 2.04. The van der Waals surface area contributed by atoms with Gasteiger partial charge in [0.05, 0.1) is 17.5 Å². The molecule has 0 aliphatic heterocycles. The second kappa shape index (κ2) is 6.62. The number of para-hydroxylation sites is 1. The van der Waals surface area contributed by atoms with Crippen LogP contribution in [0, 0.1) is 0 Å². The summed E-state index contributed by atoms with van der Waals surface area (Å²) in [6.45, 7) is 0. The first-order chi connectivity index (χ1) is 11.2. The molecule has 2 aromatic carbocycles. The van der Waals surface area contributed by atoms with Crippen LogP contribution in [0.1, 0.15) is 16.1 Å². The van der Waals surface area contributed by atoms with E-state index in [1.165, 1.54) is 0 Å². The van der Waals surface area contributed by atoms with E-state index < -0.39 is 5.97 Å². The Morgan fingerprint density at radius 1 is 1.00 bits per heavy atom. The van der Waals surface area contributed by atoms with Crippen molar-refractivity contribution in [3.05, 3.63) is 78.1 Å². The fraction of sp³-hybridized carbons (Fsp3) is 0. The molecule has 0 fully saturated rings. The molecule has 5 heteroatoms. The molecular weight excluding hydrogens is 292 g/mol. The van der Waals surface area contributed by atoms with Crippen molar-refractivity contribution in [2.75, 3.05) is 5.43 Å². The van der Waals surface area contributed by atoms with Crippen molar-refractivity contribution in [2.24, 2.45) is 5.10 Å². The molecule has 0 bridgehead atoms. The molecule has 114 valence electrons. The van der Waals surface area contributed by atoms with Crippen LogP contribution in [0.3, 0.4) is 0 Å². The number of hydrogen-bond acceptors (Lipinski definition) is 4. The quantitative estimate of drug-likeness (QED) is 0.550. The van der Waals surface area contributed by atoms with Crippen molar-refractivity contribution in [1.29, 1.82) is 0 Å². The number of aromatic carboxylic acids is 1. The second-order valence-corrected chi connectivity index (χ2v) is 4.82. The number of nitrogens with zero attached hydrogens (tertiary/aromatic N) is 1. The van der Waals surface area contributed by atoms with Gasteiger partial charge in [0, 0.05) is 5.56 Å². The van der Waals surface area contributed by atoms with Crippen LogP contribution < -0.4 is 5.43 Å². The second-order valence-electron chi connectivity index (χ2n) is 4.82. The van der Waals surface area contributed by atoms with Crippen LogP contribution in [0.15, 0.2) is 76.2 Å². The standard InChI is InChI=1S/C18H14N2O3/c21-18(22)14-8-6-13(7-9-14)17-11-10-16(23-17)12-19-20-15-4-2-1-3-5-15/h1-12,20H,(H,21,22). The van der Waals surface area contributed by atoms with Crippen LogP contribution >= 0.6 is 0 Å². The number of furan rings is 1. The van der Waals surface area contributed by atoms with Gasteiger partial charge < -0.3 is 9.52 Å². The maximum absolute atomic E-state index is 10.8. The number of hydrogen-bond donors (Lipinski definition) is 2. The van der Waals surface area contributed by atoms with E-state index in [2.05, 4.69) is 10.5 Å². The molecule has 1 heterocycles. The minimum absolute atomic E-state index is 0.245. The predicted molar refractivity (Wildman–Crippen MR) is 88.8 cm³/mol. The van der Waals surface area contributed by atoms with E-state index in [1.54, 1.807) is 36.5 Å². The number of rotatable bonds is 5. The number of anilines is 1. The summed E-state index contributed by atoms with van der Waals surface area (Å²) in [5.41, 5.74) is 4.85. The summed E-state index contributed by atoms with van der Waals surface area (Å²) < 4.78 is 5.67. The largest absolute Gasteiger partial charge is 0.478 e. The minimum Gasteiger partial charge on any atom is -0.478 e. The summed E-state index contributed by atoms with van der Waals surface area (Å²) >= 11 is 0. The number of carbonyl (C=O) groups is 1. The van der Waals surface area contributed by atoms with Crippen molar-refractivity contribution in [3.63, 3.8) is 0 Å². The fourth-order valence-corrected chi connectivity index (χ4v) is 2.04. The molecule has 1 aromatic heterocycles. The Labute approximate surface area is 132 Å². The van der Waals surface area contributed by atoms with Gasteiger partial charge in [-0.3, -0.25) is 5.43 Å². The minimum atomic E-state index is -0.948. The van der Waals surface area contributed by atoms with Gasteiger partial charge in [-0.1, -0.05) is 30.3 Å². The van der Waals surface area contributed by atoms with Crippen molar-refractivity contribution in [1.82, 2.24) is 0 Å². The number of carboxylic acid groups (broad SMARTS) is 1. The van der Waals surface area contributed by atoms with Gasteiger partial charge >= 0.3 is 5.97 Å². The summed E-state index contributed by atoms with van der Waals surface area (Å²) in [6.07, 6.45) is 1.59. The summed E-state index contributed by atoms with van der Waals surface area (Å²) in [5, 5.41) is 13.0. The Balaban J connectivity index is 1.69. The Kier molecular flexibility index (Phi) is 4.20. The van der Waals surface area contributed by atoms with Gasteiger partial charge in [0.25, 0.3) is 0 Å². The van der Waals surface area contributed by atoms with Crippen molar-refractivity contribution in [3.8, 4) is 11.3 Å². The smallest absolute Gasteiger partial charge is 0.335 e. The molecule has 5 nitrogen and oxygen atoms in total. The van der Waals surface area contributed by atoms with E-state index in [4.69, 9.17) is 9.52 Å². The lowest BCUT2D eigenvalue weighted by atomic mass is 10.1. The first-order valence-corrected chi connectivity index (χ1v) is 7.00. The molecule has 0 amide bonds. The monoisotopic (exact) mass is 306 g/mol. The van der Waals surface area contributed by atoms with Gasteiger partial charge in [-0.15, -0.1) is 0 Å². The highest BCUT2D eigenvalue weighted by Gasteiger charge is 2.06. The lowest BCUT2D eigenvalue weighted by molar-refractivity contribution is 0.0697. The summed E-state index contributed by atoms with van der Waals surface area (Å²) in [4.78, 5) is 10.8. The van der Waals surface area contributed by atoms with Crippen molar-refractivity contribution >= 4 is 17.9 Å². The van der Waals surface area contributed by atoms with Gasteiger partial charge in [0.2, 0.25) is 0 Å². The summed E-state index contributed by atoms with van der Waals surface area (Å²) in [7, 11) is 0. The molecular formula is C18H14N2O3. The van der Waals surface area contributed by atoms with Gasteiger partial charge in [0.15, 0.2) is 0 Å². The summed E-state index contributed by atoms with van der Waals surface area (Å²) in [6, 6.07) is 19.7. The van der Waals surface area contributed by atoms with E-state index >= 15 is 0 Å². The molecule has 23 heavy (non-hydrogen) atoms. The molecule has 0 saturated heterocycles. The van der Waals surface area contributed by atoms with E-state index in [-0.39, 0.29) is 5.56 Å². The lowest BCUT2D eigenvalue weighted by Gasteiger charge is -1.98. The molecule has 0 aliphatic rings. The molecule has 0 aliphatic carbocycles. The van der Waals surface area contributed by atoms with Crippen LogP contribution in [0.2, 0.25) is 0 Å². The van der Waals surface area contributed by atoms with Gasteiger partial charge in [-0.2, -0.15) is 5.10 Å². The highest BCUT2D eigenvalue weighted by Crippen LogP contribution is 2.22. The molecule has 3 aromatic rings. The molecule has 3 rings (SSSR count). The average molecular weight is 306 g/mol. The topological polar surface area (TPSA) is 74.8 Å². The van der Waals surface area contributed by atoms with Crippen LogP contribution in [0.5, 0.6) is 0 Å². The Bertz CT molecular complexity index is 821. The molecule has 0 saturated carbocycles. The zero-order valence-corrected chi connectivity index (χ0v) is 12.1. The van der Waals surface area contributed by atoms with Crippen molar-refractivity contribution < 1.29 is 14.3 Å². The third kappa shape index (κ3) is 3.65. The van der Waals surface area contributed by atoms with Crippen molar-refractivity contribution in [2.45, 2.75) is 0 Å². The van der Waals surface area contributed by atoms with Crippen LogP contribution in [-0.4, -0.2) is 17.3 Å². The lowest BCUT2D eigenvalue weighted by Crippen LogP contribution is -1.94. The number of hydrazone groups is 1. The van der Waals surface area contributed by atoms with Gasteiger partial charge in [0.1, 0.15) is 11.5 Å². The molecule has 0 atom stereocenters. The molecule has 0 radical (unpaired) electrons. The highest BCUT2D eigenvalue weighted by atomic mass is 16.4. The van der Waals surface area contributed by atoms with Crippen LogP contribution in [0.25, 0.3) is 11.3 Å². The maximum Gasteiger partial charge on any atom is 0.335 e. The van der Waals surface area contributed by atoms with Gasteiger partial charge in [-0.05, 0) is 36.4 Å². The molecule has 0 unspecified atom stereocenters. The first-order valence-electron chi connectivity index (χ1n) is 7.00. The predicted octanol–water partition coefficient (Wildman–Crippen LogP) is 4.09. The average Bonchev–Trinajstić information content (AvgIpc) is 3.05. The van der Waals surface area contributed by atoms with E-state index in [0.29, 0.717) is 11.5 Å².